The van der Waals surface area contributed by atoms with E-state index in [1.165, 1.54) is 0 Å². The maximum absolute atomic E-state index is 11.8. The third-order valence-electron chi connectivity index (χ3n) is 3.69. The van der Waals surface area contributed by atoms with Gasteiger partial charge in [0, 0.05) is 29.3 Å². The highest BCUT2D eigenvalue weighted by molar-refractivity contribution is 5.78. The number of ether oxygens (including phenoxy) is 1. The van der Waals surface area contributed by atoms with E-state index in [0.717, 1.165) is 11.3 Å². The Morgan fingerprint density at radius 3 is 2.40 bits per heavy atom. The van der Waals surface area contributed by atoms with Crippen molar-refractivity contribution in [3.63, 3.8) is 0 Å². The van der Waals surface area contributed by atoms with Gasteiger partial charge in [-0.15, -0.1) is 0 Å². The van der Waals surface area contributed by atoms with E-state index in [2.05, 4.69) is 10.3 Å². The number of anilines is 2. The molecule has 0 bridgehead atoms. The van der Waals surface area contributed by atoms with Crippen molar-refractivity contribution in [1.82, 2.24) is 4.98 Å². The lowest BCUT2D eigenvalue weighted by Crippen LogP contribution is -2.16. The monoisotopic (exact) mass is 334 g/mol. The second-order valence-corrected chi connectivity index (χ2v) is 5.46. The van der Waals surface area contributed by atoms with E-state index in [4.69, 9.17) is 4.74 Å². The van der Waals surface area contributed by atoms with Gasteiger partial charge < -0.3 is 15.2 Å². The van der Waals surface area contributed by atoms with Crippen LogP contribution in [0.2, 0.25) is 0 Å². The second kappa shape index (κ2) is 8.08. The molecule has 5 heteroatoms. The van der Waals surface area contributed by atoms with E-state index in [9.17, 15) is 9.90 Å². The maximum Gasteiger partial charge on any atom is 0.337 e. The van der Waals surface area contributed by atoms with Crippen LogP contribution in [0.1, 0.15) is 17.2 Å². The molecule has 2 aromatic carbocycles. The lowest BCUT2D eigenvalue weighted by atomic mass is 10.1. The number of aliphatic carboxylic acids is 1. The molecule has 0 saturated carbocycles. The summed E-state index contributed by atoms with van der Waals surface area (Å²) in [5, 5.41) is 12.9. The van der Waals surface area contributed by atoms with Gasteiger partial charge in [0.25, 0.3) is 0 Å². The van der Waals surface area contributed by atoms with Crippen LogP contribution in [0, 0.1) is 0 Å². The molecule has 3 rings (SSSR count). The van der Waals surface area contributed by atoms with Crippen LogP contribution in [0.3, 0.4) is 0 Å². The van der Waals surface area contributed by atoms with Crippen molar-refractivity contribution < 1.29 is 14.6 Å². The summed E-state index contributed by atoms with van der Waals surface area (Å²) in [4.78, 5) is 15.7. The van der Waals surface area contributed by atoms with Gasteiger partial charge in [0.15, 0.2) is 6.10 Å². The lowest BCUT2D eigenvalue weighted by Gasteiger charge is -2.18. The van der Waals surface area contributed by atoms with Crippen molar-refractivity contribution in [2.45, 2.75) is 12.7 Å². The summed E-state index contributed by atoms with van der Waals surface area (Å²) in [6.45, 7) is 0.224. The molecule has 1 heterocycles. The Morgan fingerprint density at radius 2 is 1.68 bits per heavy atom. The smallest absolute Gasteiger partial charge is 0.337 e. The number of carboxylic acid groups (broad SMARTS) is 1. The normalized spacial score (nSPS) is 11.7. The van der Waals surface area contributed by atoms with Gasteiger partial charge in [-0.25, -0.2) is 4.79 Å². The SMILES string of the molecule is O=C(O)C(OCc1ccccc1)c1ccccc1Nc1ccncc1. The molecule has 1 unspecified atom stereocenters. The number of rotatable bonds is 7. The van der Waals surface area contributed by atoms with Crippen molar-refractivity contribution >= 4 is 17.3 Å². The van der Waals surface area contributed by atoms with Gasteiger partial charge in [-0.05, 0) is 23.8 Å². The van der Waals surface area contributed by atoms with Crippen LogP contribution in [0.25, 0.3) is 0 Å². The van der Waals surface area contributed by atoms with Gasteiger partial charge in [-0.3, -0.25) is 4.98 Å². The van der Waals surface area contributed by atoms with Crippen molar-refractivity contribution in [2.24, 2.45) is 0 Å². The molecule has 1 atom stereocenters. The number of nitrogens with one attached hydrogen (secondary N) is 1. The number of benzene rings is 2. The third-order valence-corrected chi connectivity index (χ3v) is 3.69. The van der Waals surface area contributed by atoms with Crippen LogP contribution in [0.5, 0.6) is 0 Å². The molecule has 2 N–H and O–H groups in total. The van der Waals surface area contributed by atoms with E-state index < -0.39 is 12.1 Å². The highest BCUT2D eigenvalue weighted by Crippen LogP contribution is 2.29. The number of aromatic nitrogens is 1. The minimum Gasteiger partial charge on any atom is -0.479 e. The van der Waals surface area contributed by atoms with E-state index in [1.807, 2.05) is 54.6 Å². The quantitative estimate of drug-likeness (QED) is 0.678. The maximum atomic E-state index is 11.8. The van der Waals surface area contributed by atoms with Crippen molar-refractivity contribution in [3.8, 4) is 0 Å². The van der Waals surface area contributed by atoms with Crippen LogP contribution >= 0.6 is 0 Å². The zero-order chi connectivity index (χ0) is 17.5. The van der Waals surface area contributed by atoms with Crippen molar-refractivity contribution in [1.29, 1.82) is 0 Å². The highest BCUT2D eigenvalue weighted by atomic mass is 16.5. The second-order valence-electron chi connectivity index (χ2n) is 5.46. The molecule has 1 aromatic heterocycles. The number of hydrogen-bond donors (Lipinski definition) is 2. The molecule has 0 spiro atoms. The predicted octanol–water partition coefficient (Wildman–Crippen LogP) is 4.17. The molecule has 0 aliphatic rings. The first-order valence-corrected chi connectivity index (χ1v) is 7.88. The molecule has 5 nitrogen and oxygen atoms in total. The fourth-order valence-corrected chi connectivity index (χ4v) is 2.48. The number of nitrogens with zero attached hydrogens (tertiary/aromatic N) is 1. The predicted molar refractivity (Wildman–Crippen MR) is 95.6 cm³/mol. The molecular weight excluding hydrogens is 316 g/mol. The summed E-state index contributed by atoms with van der Waals surface area (Å²) < 4.78 is 5.70. The number of carbonyl (C=O) groups is 1. The van der Waals surface area contributed by atoms with Gasteiger partial charge in [-0.2, -0.15) is 0 Å². The minimum atomic E-state index is -1.06. The molecule has 0 saturated heterocycles. The molecule has 25 heavy (non-hydrogen) atoms. The average Bonchev–Trinajstić information content (AvgIpc) is 2.65. The molecule has 126 valence electrons. The van der Waals surface area contributed by atoms with Gasteiger partial charge in [0.05, 0.1) is 6.61 Å². The number of pyridine rings is 1. The summed E-state index contributed by atoms with van der Waals surface area (Å²) in [5.41, 5.74) is 3.01. The lowest BCUT2D eigenvalue weighted by molar-refractivity contribution is -0.151. The molecule has 0 amide bonds. The van der Waals surface area contributed by atoms with E-state index in [-0.39, 0.29) is 6.61 Å². The van der Waals surface area contributed by atoms with Gasteiger partial charge in [-0.1, -0.05) is 48.5 Å². The first-order chi connectivity index (χ1) is 12.2. The molecular formula is C20H18N2O3. The largest absolute Gasteiger partial charge is 0.479 e. The molecule has 0 fully saturated rings. The molecule has 3 aromatic rings. The summed E-state index contributed by atoms with van der Waals surface area (Å²) >= 11 is 0. The molecule has 0 aliphatic carbocycles. The Labute approximate surface area is 145 Å². The van der Waals surface area contributed by atoms with Gasteiger partial charge in [0.2, 0.25) is 0 Å². The standard InChI is InChI=1S/C20H18N2O3/c23-20(24)19(25-14-15-6-2-1-3-7-15)17-8-4-5-9-18(17)22-16-10-12-21-13-11-16/h1-13,19H,14H2,(H,21,22)(H,23,24). The molecule has 0 radical (unpaired) electrons. The highest BCUT2D eigenvalue weighted by Gasteiger charge is 2.23. The topological polar surface area (TPSA) is 71.5 Å². The Morgan fingerprint density at radius 1 is 1.00 bits per heavy atom. The summed E-state index contributed by atoms with van der Waals surface area (Å²) in [5.74, 6) is -1.03. The van der Waals surface area contributed by atoms with Gasteiger partial charge >= 0.3 is 5.97 Å². The molecule has 0 aliphatic heterocycles. The Bertz CT molecular complexity index is 823. The van der Waals surface area contributed by atoms with E-state index >= 15 is 0 Å². The van der Waals surface area contributed by atoms with Crippen LogP contribution in [0.15, 0.2) is 79.1 Å². The Kier molecular flexibility index (Phi) is 5.39. The van der Waals surface area contributed by atoms with Crippen molar-refractivity contribution in [3.05, 3.63) is 90.3 Å². The fourth-order valence-electron chi connectivity index (χ4n) is 2.48. The van der Waals surface area contributed by atoms with Gasteiger partial charge in [0.1, 0.15) is 0 Å². The van der Waals surface area contributed by atoms with Crippen LogP contribution in [-0.4, -0.2) is 16.1 Å². The first kappa shape index (κ1) is 16.7. The zero-order valence-corrected chi connectivity index (χ0v) is 13.5. The summed E-state index contributed by atoms with van der Waals surface area (Å²) in [6, 6.07) is 20.4. The first-order valence-electron chi connectivity index (χ1n) is 7.88. The van der Waals surface area contributed by atoms with Crippen molar-refractivity contribution in [2.75, 3.05) is 5.32 Å². The fraction of sp³-hybridized carbons (Fsp3) is 0.100. The zero-order valence-electron chi connectivity index (χ0n) is 13.5. The van der Waals surface area contributed by atoms with Crippen LogP contribution in [-0.2, 0) is 16.1 Å². The summed E-state index contributed by atoms with van der Waals surface area (Å²) in [6.07, 6.45) is 2.28. The number of para-hydroxylation sites is 1. The number of hydrogen-bond acceptors (Lipinski definition) is 4. The third kappa shape index (κ3) is 4.43. The number of carboxylic acids is 1. The minimum absolute atomic E-state index is 0.224. The van der Waals surface area contributed by atoms with E-state index in [0.29, 0.717) is 11.3 Å². The van der Waals surface area contributed by atoms with Crippen LogP contribution in [0.4, 0.5) is 11.4 Å². The van der Waals surface area contributed by atoms with E-state index in [1.54, 1.807) is 24.5 Å². The Balaban J connectivity index is 1.82. The van der Waals surface area contributed by atoms with Crippen LogP contribution < -0.4 is 5.32 Å². The summed E-state index contributed by atoms with van der Waals surface area (Å²) in [7, 11) is 0. The Hall–Kier alpha value is -3.18. The average molecular weight is 334 g/mol.